The number of hydrogen-bond donors (Lipinski definition) is 1. The zero-order valence-corrected chi connectivity index (χ0v) is 11.2. The molecule has 0 amide bonds. The molecule has 0 radical (unpaired) electrons. The number of rotatable bonds is 2. The van der Waals surface area contributed by atoms with Crippen molar-refractivity contribution in [3.63, 3.8) is 0 Å². The van der Waals surface area contributed by atoms with Gasteiger partial charge in [0.05, 0.1) is 16.4 Å². The van der Waals surface area contributed by atoms with Crippen molar-refractivity contribution < 1.29 is 4.39 Å². The van der Waals surface area contributed by atoms with Gasteiger partial charge in [-0.15, -0.1) is 0 Å². The maximum Gasteiger partial charge on any atom is 0.137 e. The van der Waals surface area contributed by atoms with Crippen LogP contribution in [0, 0.1) is 5.82 Å². The summed E-state index contributed by atoms with van der Waals surface area (Å²) < 4.78 is 14.3. The minimum absolute atomic E-state index is 0.280. The number of pyridine rings is 1. The molecule has 2 rings (SSSR count). The van der Waals surface area contributed by atoms with E-state index in [-0.39, 0.29) is 5.82 Å². The molecule has 1 N–H and O–H groups in total. The molecule has 0 aliphatic carbocycles. The van der Waals surface area contributed by atoms with Gasteiger partial charge in [0.25, 0.3) is 0 Å². The predicted octanol–water partition coefficient (Wildman–Crippen LogP) is 4.49. The molecule has 0 unspecified atom stereocenters. The maximum absolute atomic E-state index is 13.0. The van der Waals surface area contributed by atoms with Crippen LogP contribution in [0.3, 0.4) is 0 Å². The van der Waals surface area contributed by atoms with Crippen LogP contribution < -0.4 is 5.32 Å². The third-order valence-electron chi connectivity index (χ3n) is 1.91. The fourth-order valence-electron chi connectivity index (χ4n) is 1.22. The SMILES string of the molecule is Fc1ccc(Nc2cncc(Br)c2)cc1Br. The van der Waals surface area contributed by atoms with Crippen LogP contribution in [0.1, 0.15) is 0 Å². The number of hydrogen-bond acceptors (Lipinski definition) is 2. The molecule has 0 saturated heterocycles. The molecule has 0 fully saturated rings. The second-order valence-electron chi connectivity index (χ2n) is 3.15. The molecule has 0 atom stereocenters. The second kappa shape index (κ2) is 4.93. The number of halogens is 3. The van der Waals surface area contributed by atoms with Crippen LogP contribution in [0.4, 0.5) is 15.8 Å². The lowest BCUT2D eigenvalue weighted by atomic mass is 10.3. The van der Waals surface area contributed by atoms with Crippen LogP contribution in [-0.4, -0.2) is 4.98 Å². The van der Waals surface area contributed by atoms with E-state index in [0.29, 0.717) is 4.47 Å². The van der Waals surface area contributed by atoms with Crippen LogP contribution in [0.25, 0.3) is 0 Å². The number of nitrogens with one attached hydrogen (secondary N) is 1. The topological polar surface area (TPSA) is 24.9 Å². The lowest BCUT2D eigenvalue weighted by Crippen LogP contribution is -1.91. The van der Waals surface area contributed by atoms with E-state index in [2.05, 4.69) is 42.2 Å². The summed E-state index contributed by atoms with van der Waals surface area (Å²) >= 11 is 6.46. The Bertz CT molecular complexity index is 517. The van der Waals surface area contributed by atoms with Gasteiger partial charge >= 0.3 is 0 Å². The van der Waals surface area contributed by atoms with Crippen molar-refractivity contribution in [2.75, 3.05) is 5.32 Å². The Balaban J connectivity index is 2.24. The Morgan fingerprint density at radius 1 is 1.06 bits per heavy atom. The first-order valence-corrected chi connectivity index (χ1v) is 6.06. The van der Waals surface area contributed by atoms with Gasteiger partial charge in [0.2, 0.25) is 0 Å². The van der Waals surface area contributed by atoms with E-state index in [1.165, 1.54) is 6.07 Å². The molecule has 5 heteroatoms. The van der Waals surface area contributed by atoms with E-state index in [1.807, 2.05) is 6.07 Å². The third kappa shape index (κ3) is 2.80. The molecule has 0 spiro atoms. The Morgan fingerprint density at radius 3 is 2.56 bits per heavy atom. The van der Waals surface area contributed by atoms with Crippen LogP contribution in [-0.2, 0) is 0 Å². The van der Waals surface area contributed by atoms with Crippen molar-refractivity contribution in [3.05, 3.63) is 51.4 Å². The molecule has 0 saturated carbocycles. The zero-order chi connectivity index (χ0) is 11.5. The highest BCUT2D eigenvalue weighted by atomic mass is 79.9. The van der Waals surface area contributed by atoms with Gasteiger partial charge in [-0.05, 0) is 56.1 Å². The first kappa shape index (κ1) is 11.5. The summed E-state index contributed by atoms with van der Waals surface area (Å²) in [6.07, 6.45) is 3.40. The highest BCUT2D eigenvalue weighted by Crippen LogP contribution is 2.23. The Kier molecular flexibility index (Phi) is 3.56. The lowest BCUT2D eigenvalue weighted by Gasteiger charge is -2.06. The molecule has 2 aromatic rings. The van der Waals surface area contributed by atoms with Crippen molar-refractivity contribution in [2.45, 2.75) is 0 Å². The smallest absolute Gasteiger partial charge is 0.137 e. The van der Waals surface area contributed by atoms with Crippen LogP contribution in [0.2, 0.25) is 0 Å². The Hall–Kier alpha value is -0.940. The molecule has 1 aromatic heterocycles. The first-order chi connectivity index (χ1) is 7.65. The lowest BCUT2D eigenvalue weighted by molar-refractivity contribution is 0.621. The molecule has 1 aromatic carbocycles. The number of benzene rings is 1. The third-order valence-corrected chi connectivity index (χ3v) is 2.95. The molecular formula is C11H7Br2FN2. The Labute approximate surface area is 109 Å². The fourth-order valence-corrected chi connectivity index (χ4v) is 1.96. The summed E-state index contributed by atoms with van der Waals surface area (Å²) in [6, 6.07) is 6.64. The van der Waals surface area contributed by atoms with Crippen molar-refractivity contribution in [1.82, 2.24) is 4.98 Å². The van der Waals surface area contributed by atoms with Gasteiger partial charge in [0.15, 0.2) is 0 Å². The molecule has 1 heterocycles. The number of anilines is 2. The number of aromatic nitrogens is 1. The minimum Gasteiger partial charge on any atom is -0.354 e. The van der Waals surface area contributed by atoms with Gasteiger partial charge in [0.1, 0.15) is 5.82 Å². The maximum atomic E-state index is 13.0. The summed E-state index contributed by atoms with van der Waals surface area (Å²) in [5.41, 5.74) is 1.64. The standard InChI is InChI=1S/C11H7Br2FN2/c12-7-3-9(6-15-5-7)16-8-1-2-11(14)10(13)4-8/h1-6,16H. The van der Waals surface area contributed by atoms with E-state index in [4.69, 9.17) is 0 Å². The highest BCUT2D eigenvalue weighted by molar-refractivity contribution is 9.10. The molecular weight excluding hydrogens is 339 g/mol. The molecule has 0 bridgehead atoms. The van der Waals surface area contributed by atoms with Crippen molar-refractivity contribution >= 4 is 43.2 Å². The van der Waals surface area contributed by atoms with E-state index >= 15 is 0 Å². The van der Waals surface area contributed by atoms with Crippen LogP contribution in [0.5, 0.6) is 0 Å². The van der Waals surface area contributed by atoms with E-state index < -0.39 is 0 Å². The normalized spacial score (nSPS) is 10.2. The fraction of sp³-hybridized carbons (Fsp3) is 0. The van der Waals surface area contributed by atoms with Gasteiger partial charge in [0, 0.05) is 16.4 Å². The second-order valence-corrected chi connectivity index (χ2v) is 4.92. The van der Waals surface area contributed by atoms with Crippen molar-refractivity contribution in [3.8, 4) is 0 Å². The molecule has 2 nitrogen and oxygen atoms in total. The summed E-state index contributed by atoms with van der Waals surface area (Å²) in [5, 5.41) is 3.12. The molecule has 82 valence electrons. The molecule has 0 aliphatic heterocycles. The van der Waals surface area contributed by atoms with Gasteiger partial charge in [-0.1, -0.05) is 0 Å². The first-order valence-electron chi connectivity index (χ1n) is 4.48. The predicted molar refractivity (Wildman–Crippen MR) is 69.3 cm³/mol. The van der Waals surface area contributed by atoms with Crippen LogP contribution in [0.15, 0.2) is 45.6 Å². The Morgan fingerprint density at radius 2 is 1.88 bits per heavy atom. The van der Waals surface area contributed by atoms with Gasteiger partial charge in [-0.2, -0.15) is 0 Å². The molecule has 16 heavy (non-hydrogen) atoms. The van der Waals surface area contributed by atoms with E-state index in [0.717, 1.165) is 15.8 Å². The average molecular weight is 346 g/mol. The van der Waals surface area contributed by atoms with Crippen molar-refractivity contribution in [1.29, 1.82) is 0 Å². The van der Waals surface area contributed by atoms with Gasteiger partial charge in [-0.25, -0.2) is 4.39 Å². The monoisotopic (exact) mass is 344 g/mol. The van der Waals surface area contributed by atoms with E-state index in [9.17, 15) is 4.39 Å². The summed E-state index contributed by atoms with van der Waals surface area (Å²) in [4.78, 5) is 4.03. The summed E-state index contributed by atoms with van der Waals surface area (Å²) in [7, 11) is 0. The summed E-state index contributed by atoms with van der Waals surface area (Å²) in [5.74, 6) is -0.280. The highest BCUT2D eigenvalue weighted by Gasteiger charge is 2.01. The molecule has 0 aliphatic rings. The largest absolute Gasteiger partial charge is 0.354 e. The summed E-state index contributed by atoms with van der Waals surface area (Å²) in [6.45, 7) is 0. The minimum atomic E-state index is -0.280. The quantitative estimate of drug-likeness (QED) is 0.867. The van der Waals surface area contributed by atoms with Gasteiger partial charge < -0.3 is 5.32 Å². The number of nitrogens with zero attached hydrogens (tertiary/aromatic N) is 1. The van der Waals surface area contributed by atoms with Crippen LogP contribution >= 0.6 is 31.9 Å². The van der Waals surface area contributed by atoms with E-state index in [1.54, 1.807) is 24.5 Å². The average Bonchev–Trinajstić information content (AvgIpc) is 2.24. The van der Waals surface area contributed by atoms with Crippen molar-refractivity contribution in [2.24, 2.45) is 0 Å². The zero-order valence-electron chi connectivity index (χ0n) is 8.05. The van der Waals surface area contributed by atoms with Gasteiger partial charge in [-0.3, -0.25) is 4.98 Å².